The number of thiazole rings is 1. The Morgan fingerprint density at radius 1 is 1.41 bits per heavy atom. The quantitative estimate of drug-likeness (QED) is 0.839. The largest absolute Gasteiger partial charge is 0.493 e. The average Bonchev–Trinajstić information content (AvgIpc) is 3.22. The number of carbonyl (C=O) groups excluding carboxylic acids is 1. The zero-order chi connectivity index (χ0) is 14.8. The highest BCUT2D eigenvalue weighted by Gasteiger charge is 2.49. The molecule has 1 aromatic carbocycles. The Morgan fingerprint density at radius 3 is 3.23 bits per heavy atom. The first-order valence-electron chi connectivity index (χ1n) is 7.55. The summed E-state index contributed by atoms with van der Waals surface area (Å²) >= 11 is 1.50. The van der Waals surface area contributed by atoms with Crippen molar-refractivity contribution in [2.24, 2.45) is 0 Å². The Labute approximate surface area is 130 Å². The summed E-state index contributed by atoms with van der Waals surface area (Å²) in [6.07, 6.45) is 1.92. The van der Waals surface area contributed by atoms with E-state index in [1.165, 1.54) is 11.3 Å². The molecule has 22 heavy (non-hydrogen) atoms. The van der Waals surface area contributed by atoms with E-state index < -0.39 is 6.10 Å². The molecule has 3 heterocycles. The predicted molar refractivity (Wildman–Crippen MR) is 82.6 cm³/mol. The molecule has 1 unspecified atom stereocenters. The SMILES string of the molecule is O=C1NC2CC[C@@H](O)[C@@H]2N1c1nc2c3c(ccc2s1)OCC3. The lowest BCUT2D eigenvalue weighted by Gasteiger charge is -2.22. The van der Waals surface area contributed by atoms with Gasteiger partial charge in [-0.25, -0.2) is 9.78 Å². The van der Waals surface area contributed by atoms with Gasteiger partial charge in [-0.3, -0.25) is 4.90 Å². The van der Waals surface area contributed by atoms with Gasteiger partial charge in [0, 0.05) is 12.0 Å². The summed E-state index contributed by atoms with van der Waals surface area (Å²) in [5, 5.41) is 13.8. The van der Waals surface area contributed by atoms with Crippen LogP contribution in [0.15, 0.2) is 12.1 Å². The highest BCUT2D eigenvalue weighted by atomic mass is 32.1. The van der Waals surface area contributed by atoms with Gasteiger partial charge < -0.3 is 15.2 Å². The Kier molecular flexibility index (Phi) is 2.49. The number of hydrogen-bond donors (Lipinski definition) is 2. The van der Waals surface area contributed by atoms with Crippen molar-refractivity contribution in [3.05, 3.63) is 17.7 Å². The average molecular weight is 317 g/mol. The first kappa shape index (κ1) is 12.7. The van der Waals surface area contributed by atoms with Crippen LogP contribution in [0.4, 0.5) is 9.93 Å². The van der Waals surface area contributed by atoms with Crippen molar-refractivity contribution in [1.29, 1.82) is 0 Å². The maximum Gasteiger partial charge on any atom is 0.324 e. The Hall–Kier alpha value is -1.86. The number of anilines is 1. The van der Waals surface area contributed by atoms with Gasteiger partial charge >= 0.3 is 6.03 Å². The van der Waals surface area contributed by atoms with Crippen molar-refractivity contribution in [2.45, 2.75) is 37.5 Å². The number of aliphatic hydroxyl groups is 1. The number of ether oxygens (including phenoxy) is 1. The molecule has 0 bridgehead atoms. The number of rotatable bonds is 1. The van der Waals surface area contributed by atoms with Crippen LogP contribution in [0.2, 0.25) is 0 Å². The molecule has 3 atom stereocenters. The summed E-state index contributed by atoms with van der Waals surface area (Å²) in [4.78, 5) is 18.6. The summed E-state index contributed by atoms with van der Waals surface area (Å²) in [5.74, 6) is 0.897. The van der Waals surface area contributed by atoms with Crippen molar-refractivity contribution < 1.29 is 14.6 Å². The van der Waals surface area contributed by atoms with Crippen LogP contribution in [0.25, 0.3) is 10.2 Å². The standard InChI is InChI=1S/C15H15N3O3S/c19-9-2-1-8-13(9)18(14(20)16-8)15-17-12-7-5-6-21-10(7)3-4-11(12)22-15/h3-4,8-9,13,19H,1-2,5-6H2,(H,16,20)/t8?,9-,13-/m1/s1. The number of carbonyl (C=O) groups is 1. The molecule has 5 rings (SSSR count). The van der Waals surface area contributed by atoms with Crippen molar-refractivity contribution in [2.75, 3.05) is 11.5 Å². The number of hydrogen-bond acceptors (Lipinski definition) is 5. The summed E-state index contributed by atoms with van der Waals surface area (Å²) < 4.78 is 6.64. The van der Waals surface area contributed by atoms with Crippen LogP contribution in [-0.2, 0) is 6.42 Å². The van der Waals surface area contributed by atoms with E-state index in [0.29, 0.717) is 11.7 Å². The van der Waals surface area contributed by atoms with E-state index in [1.807, 2.05) is 12.1 Å². The number of fused-ring (bicyclic) bond motifs is 4. The highest BCUT2D eigenvalue weighted by molar-refractivity contribution is 7.22. The number of aliphatic hydroxyl groups excluding tert-OH is 1. The smallest absolute Gasteiger partial charge is 0.324 e. The lowest BCUT2D eigenvalue weighted by Crippen LogP contribution is -2.41. The van der Waals surface area contributed by atoms with E-state index in [2.05, 4.69) is 5.32 Å². The van der Waals surface area contributed by atoms with E-state index >= 15 is 0 Å². The molecule has 2 fully saturated rings. The monoisotopic (exact) mass is 317 g/mol. The van der Waals surface area contributed by atoms with Crippen LogP contribution in [0.3, 0.4) is 0 Å². The van der Waals surface area contributed by atoms with Crippen molar-refractivity contribution >= 4 is 32.7 Å². The molecule has 1 aliphatic carbocycles. The van der Waals surface area contributed by atoms with E-state index in [0.717, 1.165) is 40.8 Å². The van der Waals surface area contributed by atoms with E-state index in [-0.39, 0.29) is 18.1 Å². The highest BCUT2D eigenvalue weighted by Crippen LogP contribution is 2.40. The first-order valence-corrected chi connectivity index (χ1v) is 8.37. The van der Waals surface area contributed by atoms with Crippen LogP contribution in [0.5, 0.6) is 5.75 Å². The lowest BCUT2D eigenvalue weighted by molar-refractivity contribution is 0.164. The van der Waals surface area contributed by atoms with Crippen LogP contribution in [-0.4, -0.2) is 40.9 Å². The fourth-order valence-electron chi connectivity index (χ4n) is 3.81. The Balaban J connectivity index is 1.63. The summed E-state index contributed by atoms with van der Waals surface area (Å²) in [7, 11) is 0. The van der Waals surface area contributed by atoms with Gasteiger partial charge in [0.15, 0.2) is 5.13 Å². The van der Waals surface area contributed by atoms with Gasteiger partial charge in [-0.1, -0.05) is 11.3 Å². The number of aromatic nitrogens is 1. The van der Waals surface area contributed by atoms with Crippen molar-refractivity contribution in [1.82, 2.24) is 10.3 Å². The minimum absolute atomic E-state index is 0.0311. The molecule has 114 valence electrons. The zero-order valence-corrected chi connectivity index (χ0v) is 12.6. The minimum atomic E-state index is -0.481. The number of benzene rings is 1. The molecule has 2 amide bonds. The first-order chi connectivity index (χ1) is 10.7. The molecule has 1 aromatic heterocycles. The van der Waals surface area contributed by atoms with Crippen LogP contribution in [0, 0.1) is 0 Å². The second kappa shape index (κ2) is 4.33. The normalized spacial score (nSPS) is 29.6. The summed E-state index contributed by atoms with van der Waals surface area (Å²) in [6, 6.07) is 3.66. The molecule has 3 aliphatic rings. The molecule has 1 saturated carbocycles. The van der Waals surface area contributed by atoms with Gasteiger partial charge in [0.05, 0.1) is 35.0 Å². The molecule has 2 N–H and O–H groups in total. The van der Waals surface area contributed by atoms with E-state index in [9.17, 15) is 9.90 Å². The van der Waals surface area contributed by atoms with E-state index in [4.69, 9.17) is 9.72 Å². The summed E-state index contributed by atoms with van der Waals surface area (Å²) in [5.41, 5.74) is 2.06. The topological polar surface area (TPSA) is 74.7 Å². The fraction of sp³-hybridized carbons (Fsp3) is 0.467. The zero-order valence-electron chi connectivity index (χ0n) is 11.8. The van der Waals surface area contributed by atoms with Crippen LogP contribution >= 0.6 is 11.3 Å². The van der Waals surface area contributed by atoms with Crippen molar-refractivity contribution in [3.8, 4) is 5.75 Å². The maximum atomic E-state index is 12.3. The second-order valence-corrected chi connectivity index (χ2v) is 7.05. The molecule has 0 spiro atoms. The Morgan fingerprint density at radius 2 is 2.32 bits per heavy atom. The van der Waals surface area contributed by atoms with Gasteiger partial charge in [-0.15, -0.1) is 0 Å². The third-order valence-corrected chi connectivity index (χ3v) is 5.85. The van der Waals surface area contributed by atoms with E-state index in [1.54, 1.807) is 4.90 Å². The van der Waals surface area contributed by atoms with Gasteiger partial charge in [0.2, 0.25) is 0 Å². The number of nitrogens with one attached hydrogen (secondary N) is 1. The van der Waals surface area contributed by atoms with Crippen LogP contribution in [0.1, 0.15) is 18.4 Å². The van der Waals surface area contributed by atoms with Gasteiger partial charge in [-0.2, -0.15) is 0 Å². The number of amides is 2. The van der Waals surface area contributed by atoms with Crippen molar-refractivity contribution in [3.63, 3.8) is 0 Å². The predicted octanol–water partition coefficient (Wildman–Crippen LogP) is 1.65. The van der Waals surface area contributed by atoms with Gasteiger partial charge in [-0.05, 0) is 25.0 Å². The number of urea groups is 1. The van der Waals surface area contributed by atoms with Crippen LogP contribution < -0.4 is 15.0 Å². The third-order valence-electron chi connectivity index (χ3n) is 4.83. The molecular weight excluding hydrogens is 302 g/mol. The summed E-state index contributed by atoms with van der Waals surface area (Å²) in [6.45, 7) is 0.689. The minimum Gasteiger partial charge on any atom is -0.493 e. The molecule has 2 aromatic rings. The Bertz CT molecular complexity index is 790. The third kappa shape index (κ3) is 1.58. The molecule has 7 heteroatoms. The number of nitrogens with zero attached hydrogens (tertiary/aromatic N) is 2. The van der Waals surface area contributed by atoms with Gasteiger partial charge in [0.25, 0.3) is 0 Å². The molecule has 2 aliphatic heterocycles. The fourth-order valence-corrected chi connectivity index (χ4v) is 4.85. The molecule has 6 nitrogen and oxygen atoms in total. The second-order valence-electron chi connectivity index (χ2n) is 6.05. The van der Waals surface area contributed by atoms with Gasteiger partial charge in [0.1, 0.15) is 5.75 Å². The lowest BCUT2D eigenvalue weighted by atomic mass is 10.1. The molecule has 0 radical (unpaired) electrons. The maximum absolute atomic E-state index is 12.3. The molecule has 1 saturated heterocycles. The molecular formula is C15H15N3O3S.